The number of fused-ring (bicyclic) bond motifs is 2. The Labute approximate surface area is 194 Å². The molecular formula is C24H20FN3O5S. The molecule has 0 fully saturated rings. The first kappa shape index (κ1) is 22.1. The number of aromatic amines is 1. The maximum absolute atomic E-state index is 14.5. The molecule has 2 aromatic carbocycles. The van der Waals surface area contributed by atoms with Gasteiger partial charge in [-0.05, 0) is 35.9 Å². The van der Waals surface area contributed by atoms with E-state index in [4.69, 9.17) is 9.47 Å². The number of nitrogens with one attached hydrogen (secondary N) is 1. The highest BCUT2D eigenvalue weighted by Crippen LogP contribution is 2.34. The molecule has 1 N–H and O–H groups in total. The Kier molecular flexibility index (Phi) is 5.76. The molecule has 0 amide bonds. The van der Waals surface area contributed by atoms with Gasteiger partial charge in [-0.25, -0.2) is 12.8 Å². The van der Waals surface area contributed by atoms with Crippen molar-refractivity contribution in [1.82, 2.24) is 14.3 Å². The Morgan fingerprint density at radius 3 is 2.50 bits per heavy atom. The smallest absolute Gasteiger partial charge is 0.252 e. The highest BCUT2D eigenvalue weighted by Gasteiger charge is 2.28. The minimum absolute atomic E-state index is 0.0941. The summed E-state index contributed by atoms with van der Waals surface area (Å²) in [6, 6.07) is 13.6. The summed E-state index contributed by atoms with van der Waals surface area (Å²) < 4.78 is 53.6. The number of aromatic nitrogens is 2. The van der Waals surface area contributed by atoms with Gasteiger partial charge in [0.05, 0.1) is 5.52 Å². The van der Waals surface area contributed by atoms with E-state index < -0.39 is 26.3 Å². The molecule has 174 valence electrons. The van der Waals surface area contributed by atoms with Crippen molar-refractivity contribution in [2.45, 2.75) is 18.0 Å². The van der Waals surface area contributed by atoms with Crippen LogP contribution >= 0.6 is 0 Å². The standard InChI is InChI=1S/C24H20FN3O5S/c25-19-5-1-2-6-23(19)34(30,31)28(14-16-4-3-7-26-13-16)15-18-10-17-11-21-22(33-9-8-32-21)12-20(17)27-24(18)29/h1-7,10-13H,8-9,14-15H2,(H,27,29). The van der Waals surface area contributed by atoms with Gasteiger partial charge in [0, 0.05) is 42.5 Å². The molecule has 0 saturated heterocycles. The average Bonchev–Trinajstić information content (AvgIpc) is 2.83. The lowest BCUT2D eigenvalue weighted by atomic mass is 10.1. The topological polar surface area (TPSA) is 102 Å². The summed E-state index contributed by atoms with van der Waals surface area (Å²) in [5, 5.41) is 0.656. The van der Waals surface area contributed by atoms with E-state index in [2.05, 4.69) is 9.97 Å². The number of rotatable bonds is 6. The monoisotopic (exact) mass is 481 g/mol. The highest BCUT2D eigenvalue weighted by atomic mass is 32.2. The maximum Gasteiger partial charge on any atom is 0.252 e. The van der Waals surface area contributed by atoms with Gasteiger partial charge in [0.2, 0.25) is 10.0 Å². The van der Waals surface area contributed by atoms with Gasteiger partial charge in [-0.3, -0.25) is 9.78 Å². The molecule has 34 heavy (non-hydrogen) atoms. The van der Waals surface area contributed by atoms with Gasteiger partial charge in [-0.15, -0.1) is 0 Å². The zero-order valence-corrected chi connectivity index (χ0v) is 18.7. The van der Waals surface area contributed by atoms with Crippen LogP contribution in [0, 0.1) is 5.82 Å². The lowest BCUT2D eigenvalue weighted by molar-refractivity contribution is 0.172. The fraction of sp³-hybridized carbons (Fsp3) is 0.167. The number of hydrogen-bond donors (Lipinski definition) is 1. The molecule has 4 aromatic rings. The van der Waals surface area contributed by atoms with Crippen LogP contribution in [-0.4, -0.2) is 35.9 Å². The molecule has 1 aliphatic rings. The second-order valence-corrected chi connectivity index (χ2v) is 9.68. The molecule has 5 rings (SSSR count). The summed E-state index contributed by atoms with van der Waals surface area (Å²) in [7, 11) is -4.28. The quantitative estimate of drug-likeness (QED) is 0.454. The van der Waals surface area contributed by atoms with E-state index in [1.54, 1.807) is 36.5 Å². The Hall–Kier alpha value is -3.76. The normalized spacial score (nSPS) is 13.4. The Morgan fingerprint density at radius 1 is 1.00 bits per heavy atom. The minimum Gasteiger partial charge on any atom is -0.486 e. The maximum atomic E-state index is 14.5. The summed E-state index contributed by atoms with van der Waals surface area (Å²) in [5.74, 6) is 0.209. The van der Waals surface area contributed by atoms with Crippen molar-refractivity contribution in [2.75, 3.05) is 13.2 Å². The van der Waals surface area contributed by atoms with Gasteiger partial charge < -0.3 is 14.5 Å². The van der Waals surface area contributed by atoms with Gasteiger partial charge >= 0.3 is 0 Å². The number of pyridine rings is 2. The Morgan fingerprint density at radius 2 is 1.76 bits per heavy atom. The van der Waals surface area contributed by atoms with Gasteiger partial charge in [-0.1, -0.05) is 18.2 Å². The molecule has 8 nitrogen and oxygen atoms in total. The number of H-pyrrole nitrogens is 1. The van der Waals surface area contributed by atoms with Crippen molar-refractivity contribution in [3.63, 3.8) is 0 Å². The van der Waals surface area contributed by atoms with Crippen molar-refractivity contribution in [3.8, 4) is 11.5 Å². The second-order valence-electron chi connectivity index (χ2n) is 7.77. The van der Waals surface area contributed by atoms with Crippen molar-refractivity contribution in [3.05, 3.63) is 94.3 Å². The van der Waals surface area contributed by atoms with Gasteiger partial charge in [0.25, 0.3) is 5.56 Å². The number of ether oxygens (including phenoxy) is 2. The molecule has 0 atom stereocenters. The predicted octanol–water partition coefficient (Wildman–Crippen LogP) is 3.22. The zero-order valence-electron chi connectivity index (χ0n) is 17.9. The number of nitrogens with zero attached hydrogens (tertiary/aromatic N) is 2. The Bertz CT molecular complexity index is 1520. The number of sulfonamides is 1. The fourth-order valence-corrected chi connectivity index (χ4v) is 5.28. The fourth-order valence-electron chi connectivity index (χ4n) is 3.81. The van der Waals surface area contributed by atoms with Crippen LogP contribution in [0.5, 0.6) is 11.5 Å². The van der Waals surface area contributed by atoms with Gasteiger partial charge in [0.15, 0.2) is 11.5 Å². The van der Waals surface area contributed by atoms with Crippen LogP contribution in [0.1, 0.15) is 11.1 Å². The highest BCUT2D eigenvalue weighted by molar-refractivity contribution is 7.89. The van der Waals surface area contributed by atoms with Crippen LogP contribution < -0.4 is 15.0 Å². The number of benzene rings is 2. The third-order valence-corrected chi connectivity index (χ3v) is 7.29. The molecule has 0 aliphatic carbocycles. The number of halogens is 1. The van der Waals surface area contributed by atoms with E-state index in [0.29, 0.717) is 41.2 Å². The Balaban J connectivity index is 1.57. The van der Waals surface area contributed by atoms with Crippen molar-refractivity contribution in [2.24, 2.45) is 0 Å². The summed E-state index contributed by atoms with van der Waals surface area (Å²) in [5.41, 5.74) is 0.880. The first-order valence-electron chi connectivity index (χ1n) is 10.5. The molecule has 10 heteroatoms. The lowest BCUT2D eigenvalue weighted by Gasteiger charge is -2.23. The lowest BCUT2D eigenvalue weighted by Crippen LogP contribution is -2.33. The second kappa shape index (κ2) is 8.88. The van der Waals surface area contributed by atoms with Crippen LogP contribution in [0.15, 0.2) is 76.7 Å². The third-order valence-electron chi connectivity index (χ3n) is 5.47. The first-order chi connectivity index (χ1) is 16.4. The van der Waals surface area contributed by atoms with Crippen LogP contribution in [-0.2, 0) is 23.1 Å². The van der Waals surface area contributed by atoms with Crippen molar-refractivity contribution in [1.29, 1.82) is 0 Å². The minimum atomic E-state index is -4.28. The molecule has 0 spiro atoms. The van der Waals surface area contributed by atoms with Gasteiger partial charge in [0.1, 0.15) is 23.9 Å². The van der Waals surface area contributed by atoms with Crippen molar-refractivity contribution < 1.29 is 22.3 Å². The van der Waals surface area contributed by atoms with Gasteiger partial charge in [-0.2, -0.15) is 4.31 Å². The molecular weight excluding hydrogens is 461 g/mol. The van der Waals surface area contributed by atoms with E-state index >= 15 is 0 Å². The predicted molar refractivity (Wildman–Crippen MR) is 123 cm³/mol. The molecule has 2 aromatic heterocycles. The van der Waals surface area contributed by atoms with E-state index in [1.807, 2.05) is 0 Å². The third kappa shape index (κ3) is 4.25. The largest absolute Gasteiger partial charge is 0.486 e. The zero-order chi connectivity index (χ0) is 23.7. The molecule has 3 heterocycles. The van der Waals surface area contributed by atoms with E-state index in [-0.39, 0.29) is 18.7 Å². The first-order valence-corrected chi connectivity index (χ1v) is 11.9. The van der Waals surface area contributed by atoms with Crippen molar-refractivity contribution >= 4 is 20.9 Å². The van der Waals surface area contributed by atoms with E-state index in [0.717, 1.165) is 10.4 Å². The molecule has 1 aliphatic heterocycles. The molecule has 0 saturated carbocycles. The summed E-state index contributed by atoms with van der Waals surface area (Å²) in [4.78, 5) is 19.2. The summed E-state index contributed by atoms with van der Waals surface area (Å²) in [6.45, 7) is 0.459. The molecule has 0 radical (unpaired) electrons. The van der Waals surface area contributed by atoms with Crippen LogP contribution in [0.3, 0.4) is 0 Å². The van der Waals surface area contributed by atoms with Crippen LogP contribution in [0.25, 0.3) is 10.9 Å². The van der Waals surface area contributed by atoms with Crippen LogP contribution in [0.4, 0.5) is 4.39 Å². The molecule has 0 bridgehead atoms. The summed E-state index contributed by atoms with van der Waals surface area (Å²) in [6.07, 6.45) is 3.10. The van der Waals surface area contributed by atoms with E-state index in [9.17, 15) is 17.6 Å². The van der Waals surface area contributed by atoms with E-state index in [1.165, 1.54) is 24.4 Å². The summed E-state index contributed by atoms with van der Waals surface area (Å²) >= 11 is 0. The molecule has 0 unspecified atom stereocenters. The average molecular weight is 482 g/mol. The number of hydrogen-bond acceptors (Lipinski definition) is 6. The van der Waals surface area contributed by atoms with Crippen LogP contribution in [0.2, 0.25) is 0 Å². The SMILES string of the molecule is O=c1[nH]c2cc3c(cc2cc1CN(Cc1cccnc1)S(=O)(=O)c1ccccc1F)OCCO3.